The lowest BCUT2D eigenvalue weighted by Crippen LogP contribution is -2.43. The van der Waals surface area contributed by atoms with E-state index < -0.39 is 5.41 Å². The molecule has 0 radical (unpaired) electrons. The van der Waals surface area contributed by atoms with Crippen LogP contribution in [0.4, 0.5) is 0 Å². The molecule has 2 saturated heterocycles. The van der Waals surface area contributed by atoms with E-state index in [4.69, 9.17) is 4.74 Å². The lowest BCUT2D eigenvalue weighted by Gasteiger charge is -2.37. The molecule has 5 heterocycles. The van der Waals surface area contributed by atoms with Crippen LogP contribution in [0.15, 0.2) is 53.6 Å². The molecule has 0 atom stereocenters. The number of nitrogens with one attached hydrogen (secondary N) is 1. The Morgan fingerprint density at radius 2 is 2.00 bits per heavy atom. The Kier molecular flexibility index (Phi) is 6.86. The van der Waals surface area contributed by atoms with Gasteiger partial charge in [-0.25, -0.2) is 0 Å². The molecular weight excluding hydrogens is 454 g/mol. The summed E-state index contributed by atoms with van der Waals surface area (Å²) in [5, 5.41) is 13.0. The summed E-state index contributed by atoms with van der Waals surface area (Å²) in [7, 11) is 0. The average Bonchev–Trinajstić information content (AvgIpc) is 2.92. The molecule has 8 heteroatoms. The van der Waals surface area contributed by atoms with Gasteiger partial charge in [-0.15, -0.1) is 0 Å². The maximum atomic E-state index is 13.3. The second kappa shape index (κ2) is 10.2. The van der Waals surface area contributed by atoms with Crippen LogP contribution in [0.5, 0.6) is 0 Å². The lowest BCUT2D eigenvalue weighted by atomic mass is 9.76. The number of fused-ring (bicyclic) bond motifs is 1. The van der Waals surface area contributed by atoms with Gasteiger partial charge in [0, 0.05) is 51.3 Å². The van der Waals surface area contributed by atoms with E-state index in [0.717, 1.165) is 48.3 Å². The molecule has 2 aliphatic rings. The fourth-order valence-corrected chi connectivity index (χ4v) is 5.42. The number of aromatic nitrogens is 2. The quantitative estimate of drug-likeness (QED) is 0.597. The van der Waals surface area contributed by atoms with E-state index in [1.807, 2.05) is 37.3 Å². The van der Waals surface area contributed by atoms with E-state index in [1.54, 1.807) is 22.9 Å². The third-order valence-corrected chi connectivity index (χ3v) is 7.54. The van der Waals surface area contributed by atoms with Crippen molar-refractivity contribution in [2.45, 2.75) is 50.6 Å². The second-order valence-electron chi connectivity index (χ2n) is 9.84. The molecule has 0 saturated carbocycles. The van der Waals surface area contributed by atoms with Gasteiger partial charge in [0.05, 0.1) is 17.3 Å². The Labute approximate surface area is 210 Å². The number of hydrogen-bond acceptors (Lipinski definition) is 6. The molecular formula is C28H31N5O3. The molecule has 1 amide bonds. The minimum Gasteiger partial charge on any atom is -0.381 e. The fourth-order valence-electron chi connectivity index (χ4n) is 5.42. The van der Waals surface area contributed by atoms with Crippen molar-refractivity contribution < 1.29 is 9.53 Å². The van der Waals surface area contributed by atoms with E-state index in [-0.39, 0.29) is 23.1 Å². The monoisotopic (exact) mass is 485 g/mol. The highest BCUT2D eigenvalue weighted by molar-refractivity contribution is 5.95. The number of carbonyl (C=O) groups is 1. The highest BCUT2D eigenvalue weighted by Crippen LogP contribution is 2.34. The van der Waals surface area contributed by atoms with Crippen LogP contribution in [0.2, 0.25) is 0 Å². The van der Waals surface area contributed by atoms with Crippen LogP contribution in [0.25, 0.3) is 5.52 Å². The fraction of sp³-hybridized carbons (Fsp3) is 0.429. The van der Waals surface area contributed by atoms with E-state index in [0.29, 0.717) is 32.6 Å². The van der Waals surface area contributed by atoms with Crippen molar-refractivity contribution >= 4 is 11.4 Å². The van der Waals surface area contributed by atoms with Gasteiger partial charge in [-0.05, 0) is 68.0 Å². The summed E-state index contributed by atoms with van der Waals surface area (Å²) in [6.07, 6.45) is 6.33. The number of piperidine rings is 1. The molecule has 0 bridgehead atoms. The standard InChI is InChI=1S/C28H31N5O3/c1-20-5-4-12-33-25(20)21(17-23(27(33)35)26(34)31-22-7-15-36-16-8-22)18-32-13-9-28(19-29,10-14-32)24-6-2-3-11-30-24/h2-6,11-12,17,22H,7-10,13-16,18H2,1H3,(H,31,34). The number of likely N-dealkylation sites (tertiary alicyclic amines) is 1. The molecule has 5 rings (SSSR count). The predicted molar refractivity (Wildman–Crippen MR) is 136 cm³/mol. The van der Waals surface area contributed by atoms with Crippen LogP contribution >= 0.6 is 0 Å². The van der Waals surface area contributed by atoms with Crippen molar-refractivity contribution in [2.24, 2.45) is 0 Å². The average molecular weight is 486 g/mol. The van der Waals surface area contributed by atoms with E-state index in [1.165, 1.54) is 0 Å². The number of amides is 1. The van der Waals surface area contributed by atoms with Crippen molar-refractivity contribution in [3.63, 3.8) is 0 Å². The molecule has 8 nitrogen and oxygen atoms in total. The first kappa shape index (κ1) is 24.2. The van der Waals surface area contributed by atoms with Gasteiger partial charge in [0.25, 0.3) is 11.5 Å². The van der Waals surface area contributed by atoms with Crippen LogP contribution in [-0.4, -0.2) is 52.5 Å². The van der Waals surface area contributed by atoms with Gasteiger partial charge >= 0.3 is 0 Å². The molecule has 36 heavy (non-hydrogen) atoms. The van der Waals surface area contributed by atoms with E-state index in [9.17, 15) is 14.9 Å². The SMILES string of the molecule is Cc1cccn2c(=O)c(C(=O)NC3CCOCC3)cc(CN3CCC(C#N)(c4ccccn4)CC3)c12. The van der Waals surface area contributed by atoms with Crippen LogP contribution in [-0.2, 0) is 16.7 Å². The molecule has 0 aromatic carbocycles. The summed E-state index contributed by atoms with van der Waals surface area (Å²) < 4.78 is 6.99. The number of carbonyl (C=O) groups excluding carboxylic acids is 1. The number of pyridine rings is 3. The number of hydrogen-bond donors (Lipinski definition) is 1. The first-order valence-electron chi connectivity index (χ1n) is 12.6. The summed E-state index contributed by atoms with van der Waals surface area (Å²) in [4.78, 5) is 33.2. The van der Waals surface area contributed by atoms with Gasteiger partial charge in [-0.3, -0.25) is 23.9 Å². The van der Waals surface area contributed by atoms with Crippen LogP contribution in [0.1, 0.15) is 52.9 Å². The molecule has 2 aliphatic heterocycles. The summed E-state index contributed by atoms with van der Waals surface area (Å²) in [5.74, 6) is -0.332. The minimum atomic E-state index is -0.585. The number of ether oxygens (including phenoxy) is 1. The highest BCUT2D eigenvalue weighted by atomic mass is 16.5. The zero-order chi connectivity index (χ0) is 25.1. The Morgan fingerprint density at radius 1 is 1.22 bits per heavy atom. The molecule has 0 unspecified atom stereocenters. The first-order chi connectivity index (χ1) is 17.5. The summed E-state index contributed by atoms with van der Waals surface area (Å²) in [6, 6.07) is 13.9. The normalized spacial score (nSPS) is 18.6. The van der Waals surface area contributed by atoms with Crippen molar-refractivity contribution in [3.8, 4) is 6.07 Å². The molecule has 0 aliphatic carbocycles. The topological polar surface area (TPSA) is 99.7 Å². The molecule has 3 aromatic rings. The maximum absolute atomic E-state index is 13.3. The van der Waals surface area contributed by atoms with E-state index in [2.05, 4.69) is 21.3 Å². The third-order valence-electron chi connectivity index (χ3n) is 7.54. The van der Waals surface area contributed by atoms with Gasteiger partial charge in [0.2, 0.25) is 0 Å². The first-order valence-corrected chi connectivity index (χ1v) is 12.6. The highest BCUT2D eigenvalue weighted by Gasteiger charge is 2.37. The van der Waals surface area contributed by atoms with Gasteiger partial charge in [0.15, 0.2) is 0 Å². The number of aryl methyl sites for hydroxylation is 1. The predicted octanol–water partition coefficient (Wildman–Crippen LogP) is 2.97. The van der Waals surface area contributed by atoms with Gasteiger partial charge in [0.1, 0.15) is 11.0 Å². The Bertz CT molecular complexity index is 1350. The number of nitriles is 1. The van der Waals surface area contributed by atoms with Crippen molar-refractivity contribution in [2.75, 3.05) is 26.3 Å². The van der Waals surface area contributed by atoms with Gasteiger partial charge in [-0.1, -0.05) is 12.1 Å². The Hall–Kier alpha value is -3.54. The van der Waals surface area contributed by atoms with Crippen LogP contribution in [0.3, 0.4) is 0 Å². The largest absolute Gasteiger partial charge is 0.381 e. The van der Waals surface area contributed by atoms with E-state index >= 15 is 0 Å². The molecule has 1 N–H and O–H groups in total. The molecule has 2 fully saturated rings. The third kappa shape index (κ3) is 4.64. The van der Waals surface area contributed by atoms with Gasteiger partial charge in [-0.2, -0.15) is 5.26 Å². The lowest BCUT2D eigenvalue weighted by molar-refractivity contribution is 0.0695. The van der Waals surface area contributed by atoms with Crippen molar-refractivity contribution in [1.29, 1.82) is 5.26 Å². The second-order valence-corrected chi connectivity index (χ2v) is 9.84. The molecule has 0 spiro atoms. The smallest absolute Gasteiger partial charge is 0.267 e. The minimum absolute atomic E-state index is 0.0140. The summed E-state index contributed by atoms with van der Waals surface area (Å²) >= 11 is 0. The summed E-state index contributed by atoms with van der Waals surface area (Å²) in [5.41, 5.74) is 2.86. The zero-order valence-electron chi connectivity index (χ0n) is 20.6. The zero-order valence-corrected chi connectivity index (χ0v) is 20.6. The van der Waals surface area contributed by atoms with Crippen molar-refractivity contribution in [1.82, 2.24) is 19.6 Å². The molecule has 186 valence electrons. The summed E-state index contributed by atoms with van der Waals surface area (Å²) in [6.45, 7) is 5.26. The van der Waals surface area contributed by atoms with Gasteiger partial charge < -0.3 is 10.1 Å². The van der Waals surface area contributed by atoms with Crippen LogP contribution in [0, 0.1) is 18.3 Å². The van der Waals surface area contributed by atoms with Crippen LogP contribution < -0.4 is 10.9 Å². The maximum Gasteiger partial charge on any atom is 0.267 e. The Balaban J connectivity index is 1.42. The molecule has 3 aromatic heterocycles. The van der Waals surface area contributed by atoms with Crippen molar-refractivity contribution in [3.05, 3.63) is 81.5 Å². The number of rotatable bonds is 5. The number of nitrogens with zero attached hydrogens (tertiary/aromatic N) is 4. The Morgan fingerprint density at radius 3 is 2.69 bits per heavy atom.